The van der Waals surface area contributed by atoms with Crippen molar-refractivity contribution < 1.29 is 9.84 Å². The van der Waals surface area contributed by atoms with Crippen molar-refractivity contribution in [1.82, 2.24) is 9.78 Å². The van der Waals surface area contributed by atoms with Gasteiger partial charge in [0.25, 0.3) is 0 Å². The molecule has 2 aromatic rings. The number of nitrogens with zero attached hydrogens (tertiary/aromatic N) is 2. The van der Waals surface area contributed by atoms with E-state index in [1.807, 2.05) is 44.3 Å². The molecule has 4 nitrogen and oxygen atoms in total. The van der Waals surface area contributed by atoms with Crippen LogP contribution in [0.5, 0.6) is 5.75 Å². The molecule has 0 saturated heterocycles. The summed E-state index contributed by atoms with van der Waals surface area (Å²) >= 11 is 0. The molecule has 0 aliphatic carbocycles. The molecule has 1 heterocycles. The lowest BCUT2D eigenvalue weighted by Crippen LogP contribution is -2.06. The minimum Gasteiger partial charge on any atom is -0.497 e. The summed E-state index contributed by atoms with van der Waals surface area (Å²) in [5.41, 5.74) is 2.51. The van der Waals surface area contributed by atoms with Crippen molar-refractivity contribution in [2.24, 2.45) is 7.05 Å². The highest BCUT2D eigenvalue weighted by molar-refractivity contribution is 5.32. The van der Waals surface area contributed by atoms with E-state index in [4.69, 9.17) is 4.74 Å². The number of benzene rings is 1. The minimum absolute atomic E-state index is 0.660. The second-order valence-corrected chi connectivity index (χ2v) is 4.01. The number of aromatic nitrogens is 2. The highest BCUT2D eigenvalue weighted by Crippen LogP contribution is 2.23. The van der Waals surface area contributed by atoms with Crippen LogP contribution in [-0.4, -0.2) is 22.0 Å². The van der Waals surface area contributed by atoms with Gasteiger partial charge >= 0.3 is 0 Å². The Morgan fingerprint density at radius 3 is 2.41 bits per heavy atom. The largest absolute Gasteiger partial charge is 0.497 e. The van der Waals surface area contributed by atoms with Crippen LogP contribution in [0, 0.1) is 6.92 Å². The number of aliphatic hydroxyl groups is 1. The first kappa shape index (κ1) is 11.7. The number of rotatable bonds is 3. The van der Waals surface area contributed by atoms with Gasteiger partial charge < -0.3 is 9.84 Å². The fraction of sp³-hybridized carbons (Fsp3) is 0.308. The lowest BCUT2D eigenvalue weighted by atomic mass is 10.1. The molecule has 2 rings (SSSR count). The Hall–Kier alpha value is -1.81. The molecule has 17 heavy (non-hydrogen) atoms. The summed E-state index contributed by atoms with van der Waals surface area (Å²) in [5.74, 6) is 0.780. The van der Waals surface area contributed by atoms with E-state index in [0.29, 0.717) is 0 Å². The number of aryl methyl sites for hydroxylation is 2. The predicted molar refractivity (Wildman–Crippen MR) is 65.0 cm³/mol. The molecule has 0 aliphatic rings. The molecule has 0 fully saturated rings. The van der Waals surface area contributed by atoms with E-state index < -0.39 is 6.10 Å². The summed E-state index contributed by atoms with van der Waals surface area (Å²) in [6.07, 6.45) is -0.660. The highest BCUT2D eigenvalue weighted by Gasteiger charge is 2.15. The smallest absolute Gasteiger partial charge is 0.121 e. The van der Waals surface area contributed by atoms with E-state index in [2.05, 4.69) is 5.10 Å². The van der Waals surface area contributed by atoms with Gasteiger partial charge in [-0.25, -0.2) is 0 Å². The highest BCUT2D eigenvalue weighted by atomic mass is 16.5. The number of hydrogen-bond acceptors (Lipinski definition) is 3. The van der Waals surface area contributed by atoms with Gasteiger partial charge in [-0.15, -0.1) is 0 Å². The Bertz CT molecular complexity index is 503. The van der Waals surface area contributed by atoms with Crippen molar-refractivity contribution in [1.29, 1.82) is 0 Å². The van der Waals surface area contributed by atoms with Crippen LogP contribution in [0.2, 0.25) is 0 Å². The maximum atomic E-state index is 10.2. The van der Waals surface area contributed by atoms with Crippen molar-refractivity contribution >= 4 is 0 Å². The number of hydrogen-bond donors (Lipinski definition) is 1. The van der Waals surface area contributed by atoms with Gasteiger partial charge in [0.2, 0.25) is 0 Å². The summed E-state index contributed by atoms with van der Waals surface area (Å²) in [7, 11) is 3.45. The third-order valence-electron chi connectivity index (χ3n) is 2.75. The standard InChI is InChI=1S/C13H16N2O2/c1-9-8-12(15(2)14-9)13(16)10-4-6-11(17-3)7-5-10/h4-8,13,16H,1-3H3. The van der Waals surface area contributed by atoms with Crippen molar-refractivity contribution in [3.8, 4) is 5.75 Å². The van der Waals surface area contributed by atoms with E-state index in [1.54, 1.807) is 11.8 Å². The average Bonchev–Trinajstić information content (AvgIpc) is 2.68. The molecule has 1 aromatic heterocycles. The third-order valence-corrected chi connectivity index (χ3v) is 2.75. The summed E-state index contributed by atoms with van der Waals surface area (Å²) < 4.78 is 6.78. The second kappa shape index (κ2) is 4.59. The van der Waals surface area contributed by atoms with Crippen molar-refractivity contribution in [2.75, 3.05) is 7.11 Å². The van der Waals surface area contributed by atoms with Crippen LogP contribution in [0.25, 0.3) is 0 Å². The topological polar surface area (TPSA) is 47.3 Å². The Morgan fingerprint density at radius 2 is 1.94 bits per heavy atom. The molecule has 0 saturated carbocycles. The molecule has 0 bridgehead atoms. The predicted octanol–water partition coefficient (Wildman–Crippen LogP) is 1.82. The quantitative estimate of drug-likeness (QED) is 0.878. The number of methoxy groups -OCH3 is 1. The van der Waals surface area contributed by atoms with Gasteiger partial charge in [-0.1, -0.05) is 12.1 Å². The summed E-state index contributed by atoms with van der Waals surface area (Å²) in [5, 5.41) is 14.5. The normalized spacial score (nSPS) is 12.5. The molecule has 0 spiro atoms. The molecule has 4 heteroatoms. The first-order valence-electron chi connectivity index (χ1n) is 5.44. The molecule has 1 atom stereocenters. The number of aliphatic hydroxyl groups excluding tert-OH is 1. The van der Waals surface area contributed by atoms with Crippen LogP contribution >= 0.6 is 0 Å². The fourth-order valence-electron chi connectivity index (χ4n) is 1.84. The lowest BCUT2D eigenvalue weighted by molar-refractivity contribution is 0.209. The Morgan fingerprint density at radius 1 is 1.29 bits per heavy atom. The average molecular weight is 232 g/mol. The number of ether oxygens (including phenoxy) is 1. The van der Waals surface area contributed by atoms with Crippen LogP contribution in [0.4, 0.5) is 0 Å². The van der Waals surface area contributed by atoms with Gasteiger partial charge in [-0.05, 0) is 30.7 Å². The summed E-state index contributed by atoms with van der Waals surface area (Å²) in [6, 6.07) is 9.26. The third kappa shape index (κ3) is 2.31. The Labute approximate surface area is 100 Å². The molecule has 1 unspecified atom stereocenters. The van der Waals surface area contributed by atoms with E-state index in [9.17, 15) is 5.11 Å². The molecule has 1 aromatic carbocycles. The molecule has 0 amide bonds. The van der Waals surface area contributed by atoms with Crippen LogP contribution in [-0.2, 0) is 7.05 Å². The fourth-order valence-corrected chi connectivity index (χ4v) is 1.84. The van der Waals surface area contributed by atoms with Crippen LogP contribution in [0.3, 0.4) is 0 Å². The molecular formula is C13H16N2O2. The second-order valence-electron chi connectivity index (χ2n) is 4.01. The minimum atomic E-state index is -0.660. The van der Waals surface area contributed by atoms with Gasteiger partial charge in [-0.3, -0.25) is 4.68 Å². The van der Waals surface area contributed by atoms with Gasteiger partial charge in [0.1, 0.15) is 11.9 Å². The SMILES string of the molecule is COc1ccc(C(O)c2cc(C)nn2C)cc1. The zero-order chi connectivity index (χ0) is 12.4. The monoisotopic (exact) mass is 232 g/mol. The van der Waals surface area contributed by atoms with Crippen LogP contribution in [0.15, 0.2) is 30.3 Å². The molecule has 90 valence electrons. The molecule has 0 aliphatic heterocycles. The first-order valence-corrected chi connectivity index (χ1v) is 5.44. The molecular weight excluding hydrogens is 216 g/mol. The maximum Gasteiger partial charge on any atom is 0.121 e. The van der Waals surface area contributed by atoms with E-state index >= 15 is 0 Å². The van der Waals surface area contributed by atoms with Crippen molar-refractivity contribution in [3.63, 3.8) is 0 Å². The maximum absolute atomic E-state index is 10.2. The van der Waals surface area contributed by atoms with Crippen molar-refractivity contribution in [3.05, 3.63) is 47.3 Å². The Balaban J connectivity index is 2.30. The lowest BCUT2D eigenvalue weighted by Gasteiger charge is -2.11. The Kier molecular flexibility index (Phi) is 3.15. The van der Waals surface area contributed by atoms with Gasteiger partial charge in [0, 0.05) is 7.05 Å². The zero-order valence-corrected chi connectivity index (χ0v) is 10.2. The van der Waals surface area contributed by atoms with Crippen molar-refractivity contribution in [2.45, 2.75) is 13.0 Å². The van der Waals surface area contributed by atoms with Crippen LogP contribution in [0.1, 0.15) is 23.1 Å². The first-order chi connectivity index (χ1) is 8.11. The molecule has 0 radical (unpaired) electrons. The molecule has 1 N–H and O–H groups in total. The van der Waals surface area contributed by atoms with E-state index in [1.165, 1.54) is 0 Å². The zero-order valence-electron chi connectivity index (χ0n) is 10.2. The van der Waals surface area contributed by atoms with Gasteiger partial charge in [0.15, 0.2) is 0 Å². The summed E-state index contributed by atoms with van der Waals surface area (Å²) in [4.78, 5) is 0. The van der Waals surface area contributed by atoms with E-state index in [-0.39, 0.29) is 0 Å². The van der Waals surface area contributed by atoms with Gasteiger partial charge in [-0.2, -0.15) is 5.10 Å². The van der Waals surface area contributed by atoms with E-state index in [0.717, 1.165) is 22.7 Å². The van der Waals surface area contributed by atoms with Gasteiger partial charge in [0.05, 0.1) is 18.5 Å². The summed E-state index contributed by atoms with van der Waals surface area (Å²) in [6.45, 7) is 1.91. The van der Waals surface area contributed by atoms with Crippen LogP contribution < -0.4 is 4.74 Å².